The SMILES string of the molecule is CCCCCCCCOc1ccc(N2CCN(C(=O)OC(C)(C)C)CC2)nn1.CCCCCCCCOc1ccc(N2CCNCC2)nn1. The van der Waals surface area contributed by atoms with E-state index in [1.54, 1.807) is 4.90 Å². The quantitative estimate of drug-likeness (QED) is 0.165. The topological polar surface area (TPSA) is 118 Å². The maximum Gasteiger partial charge on any atom is 0.410 e. The summed E-state index contributed by atoms with van der Waals surface area (Å²) in [5.74, 6) is 2.98. The third-order valence-electron chi connectivity index (χ3n) is 8.44. The number of anilines is 2. The molecule has 1 amide bonds. The van der Waals surface area contributed by atoms with Gasteiger partial charge in [0.1, 0.15) is 5.60 Å². The van der Waals surface area contributed by atoms with Crippen molar-refractivity contribution in [2.24, 2.45) is 0 Å². The van der Waals surface area contributed by atoms with E-state index in [-0.39, 0.29) is 6.09 Å². The zero-order chi connectivity index (χ0) is 35.2. The molecule has 2 fully saturated rings. The van der Waals surface area contributed by atoms with E-state index in [1.807, 2.05) is 45.0 Å². The standard InChI is InChI=1S/C21H36N4O3.C16H28N4O/c1-5-6-7-8-9-10-17-27-19-12-11-18(22-23-19)24-13-15-25(16-14-24)20(26)28-21(2,3)4;1-2-3-4-5-6-7-14-21-16-9-8-15(18-19-16)20-12-10-17-11-13-20/h11-12H,5-10,13-17H2,1-4H3;8-9,17H,2-7,10-14H2,1H3. The summed E-state index contributed by atoms with van der Waals surface area (Å²) in [5.41, 5.74) is -0.467. The maximum absolute atomic E-state index is 12.1. The zero-order valence-corrected chi connectivity index (χ0v) is 31.1. The lowest BCUT2D eigenvalue weighted by Gasteiger charge is -2.35. The first kappa shape index (κ1) is 40.0. The molecule has 49 heavy (non-hydrogen) atoms. The lowest BCUT2D eigenvalue weighted by molar-refractivity contribution is 0.0240. The van der Waals surface area contributed by atoms with Crippen molar-refractivity contribution in [3.05, 3.63) is 24.3 Å². The molecule has 0 spiro atoms. The molecule has 0 bridgehead atoms. The van der Waals surface area contributed by atoms with Gasteiger partial charge in [-0.3, -0.25) is 0 Å². The summed E-state index contributed by atoms with van der Waals surface area (Å²) in [6, 6.07) is 7.75. The van der Waals surface area contributed by atoms with Gasteiger partial charge in [0.25, 0.3) is 0 Å². The number of hydrogen-bond donors (Lipinski definition) is 1. The molecule has 276 valence electrons. The first-order chi connectivity index (χ1) is 23.8. The summed E-state index contributed by atoms with van der Waals surface area (Å²) in [4.78, 5) is 18.3. The molecule has 12 heteroatoms. The lowest BCUT2D eigenvalue weighted by Crippen LogP contribution is -2.50. The van der Waals surface area contributed by atoms with Gasteiger partial charge in [0.15, 0.2) is 11.6 Å². The third-order valence-corrected chi connectivity index (χ3v) is 8.44. The van der Waals surface area contributed by atoms with Crippen LogP contribution in [-0.2, 0) is 4.74 Å². The molecule has 0 aromatic carbocycles. The van der Waals surface area contributed by atoms with Gasteiger partial charge in [-0.05, 0) is 45.7 Å². The highest BCUT2D eigenvalue weighted by atomic mass is 16.6. The van der Waals surface area contributed by atoms with Crippen LogP contribution in [0, 0.1) is 0 Å². The minimum Gasteiger partial charge on any atom is -0.477 e. The van der Waals surface area contributed by atoms with Gasteiger partial charge >= 0.3 is 6.09 Å². The molecule has 0 atom stereocenters. The van der Waals surface area contributed by atoms with Crippen LogP contribution in [0.25, 0.3) is 0 Å². The first-order valence-electron chi connectivity index (χ1n) is 18.9. The van der Waals surface area contributed by atoms with Gasteiger partial charge in [-0.1, -0.05) is 78.1 Å². The summed E-state index contributed by atoms with van der Waals surface area (Å²) < 4.78 is 16.8. The summed E-state index contributed by atoms with van der Waals surface area (Å²) in [5, 5.41) is 20.2. The van der Waals surface area contributed by atoms with E-state index in [9.17, 15) is 4.79 Å². The van der Waals surface area contributed by atoms with Crippen molar-refractivity contribution in [3.8, 4) is 11.8 Å². The number of amides is 1. The molecule has 2 aliphatic heterocycles. The van der Waals surface area contributed by atoms with Gasteiger partial charge in [-0.15, -0.1) is 20.4 Å². The van der Waals surface area contributed by atoms with Crippen LogP contribution < -0.4 is 24.6 Å². The Balaban J connectivity index is 0.000000276. The fraction of sp³-hybridized carbons (Fsp3) is 0.757. The van der Waals surface area contributed by atoms with Gasteiger partial charge in [-0.2, -0.15) is 0 Å². The fourth-order valence-electron chi connectivity index (χ4n) is 5.57. The van der Waals surface area contributed by atoms with Crippen molar-refractivity contribution in [2.75, 3.05) is 75.4 Å². The normalized spacial score (nSPS) is 15.0. The number of nitrogens with zero attached hydrogens (tertiary/aromatic N) is 7. The second-order valence-corrected chi connectivity index (χ2v) is 13.9. The molecule has 4 rings (SSSR count). The molecule has 2 aromatic heterocycles. The predicted octanol–water partition coefficient (Wildman–Crippen LogP) is 6.90. The van der Waals surface area contributed by atoms with Crippen molar-refractivity contribution in [3.63, 3.8) is 0 Å². The highest BCUT2D eigenvalue weighted by molar-refractivity contribution is 5.68. The fourth-order valence-corrected chi connectivity index (χ4v) is 5.57. The van der Waals surface area contributed by atoms with Gasteiger partial charge in [0.05, 0.1) is 13.2 Å². The van der Waals surface area contributed by atoms with Crippen LogP contribution in [0.15, 0.2) is 24.3 Å². The Labute approximate surface area is 295 Å². The van der Waals surface area contributed by atoms with E-state index < -0.39 is 5.60 Å². The minimum atomic E-state index is -0.467. The van der Waals surface area contributed by atoms with Crippen LogP contribution in [-0.4, -0.2) is 103 Å². The van der Waals surface area contributed by atoms with Crippen LogP contribution in [0.5, 0.6) is 11.8 Å². The minimum absolute atomic E-state index is 0.253. The lowest BCUT2D eigenvalue weighted by atomic mass is 10.1. The molecule has 4 heterocycles. The van der Waals surface area contributed by atoms with Crippen molar-refractivity contribution in [1.82, 2.24) is 30.6 Å². The van der Waals surface area contributed by atoms with E-state index in [1.165, 1.54) is 64.2 Å². The summed E-state index contributed by atoms with van der Waals surface area (Å²) >= 11 is 0. The molecule has 1 N–H and O–H groups in total. The first-order valence-corrected chi connectivity index (χ1v) is 18.9. The van der Waals surface area contributed by atoms with E-state index in [2.05, 4.69) is 49.4 Å². The molecule has 2 aromatic rings. The van der Waals surface area contributed by atoms with Gasteiger partial charge < -0.3 is 34.2 Å². The number of carbonyl (C=O) groups excluding carboxylic acids is 1. The van der Waals surface area contributed by atoms with Crippen LogP contribution in [0.2, 0.25) is 0 Å². The highest BCUT2D eigenvalue weighted by Gasteiger charge is 2.26. The molecule has 12 nitrogen and oxygen atoms in total. The number of rotatable bonds is 18. The monoisotopic (exact) mass is 685 g/mol. The maximum atomic E-state index is 12.1. The Hall–Kier alpha value is -3.41. The Morgan fingerprint density at radius 2 is 1.08 bits per heavy atom. The van der Waals surface area contributed by atoms with Crippen LogP contribution in [0.3, 0.4) is 0 Å². The van der Waals surface area contributed by atoms with E-state index in [0.29, 0.717) is 44.5 Å². The Morgan fingerprint density at radius 1 is 0.633 bits per heavy atom. The Kier molecular flexibility index (Phi) is 18.9. The molecular formula is C37H64N8O4. The van der Waals surface area contributed by atoms with Gasteiger partial charge in [-0.25, -0.2) is 4.79 Å². The van der Waals surface area contributed by atoms with Crippen molar-refractivity contribution in [2.45, 2.75) is 117 Å². The summed E-state index contributed by atoms with van der Waals surface area (Å²) in [6.07, 6.45) is 14.8. The van der Waals surface area contributed by atoms with Crippen molar-refractivity contribution >= 4 is 17.7 Å². The van der Waals surface area contributed by atoms with Crippen LogP contribution >= 0.6 is 0 Å². The number of aromatic nitrogens is 4. The molecular weight excluding hydrogens is 620 g/mol. The predicted molar refractivity (Wildman–Crippen MR) is 197 cm³/mol. The molecule has 2 saturated heterocycles. The van der Waals surface area contributed by atoms with E-state index in [4.69, 9.17) is 14.2 Å². The average molecular weight is 685 g/mol. The molecule has 0 radical (unpaired) electrons. The number of ether oxygens (including phenoxy) is 3. The molecule has 0 unspecified atom stereocenters. The number of carbonyl (C=O) groups is 1. The number of piperazine rings is 2. The van der Waals surface area contributed by atoms with Gasteiger partial charge in [0.2, 0.25) is 11.8 Å². The second-order valence-electron chi connectivity index (χ2n) is 13.9. The Bertz CT molecular complexity index is 1130. The van der Waals surface area contributed by atoms with Crippen LogP contribution in [0.1, 0.15) is 112 Å². The van der Waals surface area contributed by atoms with Crippen molar-refractivity contribution in [1.29, 1.82) is 0 Å². The van der Waals surface area contributed by atoms with Crippen LogP contribution in [0.4, 0.5) is 16.4 Å². The zero-order valence-electron chi connectivity index (χ0n) is 31.1. The Morgan fingerprint density at radius 3 is 1.51 bits per heavy atom. The largest absolute Gasteiger partial charge is 0.477 e. The molecule has 0 aliphatic carbocycles. The van der Waals surface area contributed by atoms with E-state index in [0.717, 1.165) is 57.3 Å². The smallest absolute Gasteiger partial charge is 0.410 e. The second kappa shape index (κ2) is 23.1. The molecule has 0 saturated carbocycles. The number of unbranched alkanes of at least 4 members (excludes halogenated alkanes) is 10. The highest BCUT2D eigenvalue weighted by Crippen LogP contribution is 2.18. The molecule has 2 aliphatic rings. The average Bonchev–Trinajstić information content (AvgIpc) is 3.11. The number of hydrogen-bond acceptors (Lipinski definition) is 11. The summed E-state index contributed by atoms with van der Waals surface area (Å²) in [6.45, 7) is 18.2. The van der Waals surface area contributed by atoms with E-state index >= 15 is 0 Å². The van der Waals surface area contributed by atoms with Gasteiger partial charge in [0, 0.05) is 64.5 Å². The van der Waals surface area contributed by atoms with Crippen molar-refractivity contribution < 1.29 is 19.0 Å². The number of nitrogens with one attached hydrogen (secondary N) is 1. The third kappa shape index (κ3) is 16.7. The summed E-state index contributed by atoms with van der Waals surface area (Å²) in [7, 11) is 0.